The Bertz CT molecular complexity index is 460. The van der Waals surface area contributed by atoms with Crippen molar-refractivity contribution < 1.29 is 14.3 Å². The summed E-state index contributed by atoms with van der Waals surface area (Å²) in [7, 11) is 0. The topological polar surface area (TPSA) is 38.8 Å². The average molecular weight is 302 g/mol. The molecule has 2 aliphatic heterocycles. The summed E-state index contributed by atoms with van der Waals surface area (Å²) in [6, 6.07) is 3.75. The van der Waals surface area contributed by atoms with E-state index in [-0.39, 0.29) is 5.91 Å². The summed E-state index contributed by atoms with van der Waals surface area (Å²) < 4.78 is 12.0. The van der Waals surface area contributed by atoms with Crippen LogP contribution in [0.3, 0.4) is 0 Å². The van der Waals surface area contributed by atoms with Gasteiger partial charge < -0.3 is 14.4 Å². The van der Waals surface area contributed by atoms with Gasteiger partial charge >= 0.3 is 0 Å². The molecule has 1 aromatic rings. The fraction of sp³-hybridized carbons (Fsp3) is 0.615. The normalized spacial score (nSPS) is 22.1. The third-order valence-corrected chi connectivity index (χ3v) is 4.88. The van der Waals surface area contributed by atoms with Crippen LogP contribution in [0.1, 0.15) is 17.7 Å². The van der Waals surface area contributed by atoms with Gasteiger partial charge in [-0.05, 0) is 12.1 Å². The second-order valence-corrected chi connectivity index (χ2v) is 6.67. The highest BCUT2D eigenvalue weighted by Crippen LogP contribution is 2.31. The van der Waals surface area contributed by atoms with Crippen molar-refractivity contribution in [1.29, 1.82) is 0 Å². The first-order valence-corrected chi connectivity index (χ1v) is 7.66. The summed E-state index contributed by atoms with van der Waals surface area (Å²) in [5, 5.41) is 0. The predicted octanol–water partition coefficient (Wildman–Crippen LogP) is 2.31. The fourth-order valence-electron chi connectivity index (χ4n) is 2.59. The minimum Gasteiger partial charge on any atom is -0.347 e. The molecular weight excluding hydrogens is 286 g/mol. The van der Waals surface area contributed by atoms with Crippen molar-refractivity contribution >= 4 is 28.8 Å². The highest BCUT2D eigenvalue weighted by Gasteiger charge is 2.40. The molecule has 0 N–H and O–H groups in total. The molecule has 6 heteroatoms. The lowest BCUT2D eigenvalue weighted by atomic mass is 10.0. The van der Waals surface area contributed by atoms with E-state index < -0.39 is 5.79 Å². The summed E-state index contributed by atoms with van der Waals surface area (Å²) in [6.07, 6.45) is 1.97. The van der Waals surface area contributed by atoms with Gasteiger partial charge in [0, 0.05) is 30.8 Å². The molecule has 3 heterocycles. The van der Waals surface area contributed by atoms with Gasteiger partial charge in [0.25, 0.3) is 0 Å². The molecule has 1 spiro atoms. The molecule has 0 unspecified atom stereocenters. The van der Waals surface area contributed by atoms with E-state index in [0.717, 1.165) is 22.1 Å². The molecule has 2 aliphatic rings. The van der Waals surface area contributed by atoms with E-state index >= 15 is 0 Å². The Morgan fingerprint density at radius 3 is 2.58 bits per heavy atom. The van der Waals surface area contributed by atoms with Crippen LogP contribution in [-0.2, 0) is 20.7 Å². The number of halogens is 1. The SMILES string of the molecule is O=C(Cc1ccc(Cl)s1)N1CCC2(CC1)OCCO2. The van der Waals surface area contributed by atoms with Gasteiger partial charge in [0.05, 0.1) is 24.0 Å². The minimum absolute atomic E-state index is 0.159. The molecule has 0 aromatic carbocycles. The van der Waals surface area contributed by atoms with Crippen LogP contribution >= 0.6 is 22.9 Å². The Morgan fingerprint density at radius 2 is 2.00 bits per heavy atom. The van der Waals surface area contributed by atoms with Crippen molar-refractivity contribution in [2.45, 2.75) is 25.0 Å². The fourth-order valence-corrected chi connectivity index (χ4v) is 3.67. The molecule has 1 aromatic heterocycles. The van der Waals surface area contributed by atoms with Crippen molar-refractivity contribution in [3.63, 3.8) is 0 Å². The minimum atomic E-state index is -0.414. The third-order valence-electron chi connectivity index (χ3n) is 3.65. The van der Waals surface area contributed by atoms with Crippen LogP contribution in [0.2, 0.25) is 4.34 Å². The van der Waals surface area contributed by atoms with Crippen LogP contribution in [0, 0.1) is 0 Å². The average Bonchev–Trinajstić information content (AvgIpc) is 3.00. The summed E-state index contributed by atoms with van der Waals surface area (Å²) in [5.74, 6) is -0.255. The molecule has 0 bridgehead atoms. The molecule has 1 amide bonds. The number of thiophene rings is 1. The molecule has 3 rings (SSSR count). The van der Waals surface area contributed by atoms with E-state index in [1.807, 2.05) is 17.0 Å². The molecule has 0 radical (unpaired) electrons. The van der Waals surface area contributed by atoms with Crippen molar-refractivity contribution in [3.8, 4) is 0 Å². The Balaban J connectivity index is 1.54. The number of ether oxygens (including phenoxy) is 2. The number of piperidine rings is 1. The predicted molar refractivity (Wildman–Crippen MR) is 73.5 cm³/mol. The van der Waals surface area contributed by atoms with Crippen LogP contribution in [0.5, 0.6) is 0 Å². The van der Waals surface area contributed by atoms with Crippen LogP contribution in [0.15, 0.2) is 12.1 Å². The van der Waals surface area contributed by atoms with Crippen molar-refractivity contribution in [3.05, 3.63) is 21.3 Å². The second kappa shape index (κ2) is 5.40. The van der Waals surface area contributed by atoms with Crippen molar-refractivity contribution in [2.75, 3.05) is 26.3 Å². The standard InChI is InChI=1S/C13H16ClNO3S/c14-11-2-1-10(19-11)9-12(16)15-5-3-13(4-6-15)17-7-8-18-13/h1-2H,3-9H2. The van der Waals surface area contributed by atoms with E-state index in [9.17, 15) is 4.79 Å². The molecule has 2 fully saturated rings. The number of carbonyl (C=O) groups excluding carboxylic acids is 1. The maximum absolute atomic E-state index is 12.2. The number of carbonyl (C=O) groups is 1. The largest absolute Gasteiger partial charge is 0.347 e. The van der Waals surface area contributed by atoms with Gasteiger partial charge in [-0.3, -0.25) is 4.79 Å². The van der Waals surface area contributed by atoms with Crippen LogP contribution in [0.25, 0.3) is 0 Å². The van der Waals surface area contributed by atoms with Crippen LogP contribution < -0.4 is 0 Å². The highest BCUT2D eigenvalue weighted by molar-refractivity contribution is 7.16. The van der Waals surface area contributed by atoms with E-state index in [1.54, 1.807) is 0 Å². The van der Waals surface area contributed by atoms with Gasteiger partial charge in [-0.2, -0.15) is 0 Å². The van der Waals surface area contributed by atoms with Gasteiger partial charge in [0.2, 0.25) is 5.91 Å². The zero-order chi connectivity index (χ0) is 13.3. The number of likely N-dealkylation sites (tertiary alicyclic amines) is 1. The van der Waals surface area contributed by atoms with Crippen molar-refractivity contribution in [1.82, 2.24) is 4.90 Å². The Kier molecular flexibility index (Phi) is 3.80. The summed E-state index contributed by atoms with van der Waals surface area (Å²) in [4.78, 5) is 15.1. The van der Waals surface area contributed by atoms with Gasteiger partial charge in [-0.15, -0.1) is 11.3 Å². The molecule has 104 valence electrons. The van der Waals surface area contributed by atoms with Crippen molar-refractivity contribution in [2.24, 2.45) is 0 Å². The third kappa shape index (κ3) is 2.94. The Hall–Kier alpha value is -0.620. The number of hydrogen-bond donors (Lipinski definition) is 0. The summed E-state index contributed by atoms with van der Waals surface area (Å²) in [5.41, 5.74) is 0. The summed E-state index contributed by atoms with van der Waals surface area (Å²) in [6.45, 7) is 2.75. The maximum Gasteiger partial charge on any atom is 0.227 e. The van der Waals surface area contributed by atoms with Gasteiger partial charge in [0.1, 0.15) is 0 Å². The second-order valence-electron chi connectivity index (χ2n) is 4.87. The van der Waals surface area contributed by atoms with Gasteiger partial charge in [-0.1, -0.05) is 11.6 Å². The van der Waals surface area contributed by atoms with E-state index in [4.69, 9.17) is 21.1 Å². The molecule has 0 atom stereocenters. The first kappa shape index (κ1) is 13.4. The zero-order valence-corrected chi connectivity index (χ0v) is 12.1. The molecule has 0 aliphatic carbocycles. The molecule has 19 heavy (non-hydrogen) atoms. The Morgan fingerprint density at radius 1 is 1.32 bits per heavy atom. The monoisotopic (exact) mass is 301 g/mol. The van der Waals surface area contributed by atoms with Gasteiger partial charge in [0.15, 0.2) is 5.79 Å². The number of nitrogens with zero attached hydrogens (tertiary/aromatic N) is 1. The number of rotatable bonds is 2. The highest BCUT2D eigenvalue weighted by atomic mass is 35.5. The maximum atomic E-state index is 12.2. The van der Waals surface area contributed by atoms with E-state index in [2.05, 4.69) is 0 Å². The quantitative estimate of drug-likeness (QED) is 0.841. The van der Waals surface area contributed by atoms with Crippen LogP contribution in [0.4, 0.5) is 0 Å². The summed E-state index contributed by atoms with van der Waals surface area (Å²) >= 11 is 7.34. The first-order valence-electron chi connectivity index (χ1n) is 6.47. The molecular formula is C13H16ClNO3S. The lowest BCUT2D eigenvalue weighted by Crippen LogP contribution is -2.47. The number of hydrogen-bond acceptors (Lipinski definition) is 4. The zero-order valence-electron chi connectivity index (χ0n) is 10.6. The molecule has 0 saturated carbocycles. The van der Waals surface area contributed by atoms with Gasteiger partial charge in [-0.25, -0.2) is 0 Å². The van der Waals surface area contributed by atoms with E-state index in [0.29, 0.717) is 32.7 Å². The lowest BCUT2D eigenvalue weighted by molar-refractivity contribution is -0.187. The molecule has 2 saturated heterocycles. The van der Waals surface area contributed by atoms with E-state index in [1.165, 1.54) is 11.3 Å². The smallest absolute Gasteiger partial charge is 0.227 e. The Labute approximate surface area is 121 Å². The molecule has 4 nitrogen and oxygen atoms in total. The first-order chi connectivity index (χ1) is 9.17. The number of amides is 1. The van der Waals surface area contributed by atoms with Crippen LogP contribution in [-0.4, -0.2) is 42.9 Å². The lowest BCUT2D eigenvalue weighted by Gasteiger charge is -2.37.